The first-order valence-corrected chi connectivity index (χ1v) is 6.83. The van der Waals surface area contributed by atoms with Crippen LogP contribution in [-0.2, 0) is 0 Å². The Morgan fingerprint density at radius 1 is 1.50 bits per heavy atom. The summed E-state index contributed by atoms with van der Waals surface area (Å²) in [4.78, 5) is 8.92. The highest BCUT2D eigenvalue weighted by Crippen LogP contribution is 2.34. The fourth-order valence-corrected chi connectivity index (χ4v) is 2.92. The Kier molecular flexibility index (Phi) is 3.85. The van der Waals surface area contributed by atoms with Crippen molar-refractivity contribution in [2.75, 3.05) is 11.9 Å². The van der Waals surface area contributed by atoms with Crippen molar-refractivity contribution in [3.8, 4) is 0 Å². The Hall–Kier alpha value is -1.16. The lowest BCUT2D eigenvalue weighted by Gasteiger charge is -2.40. The van der Waals surface area contributed by atoms with Gasteiger partial charge in [0.25, 0.3) is 0 Å². The standard InChI is InChI=1S/C14H24N4/c1-10-5-4-6-14(7-10,9-15)18-13-12(3)16-8-11(2)17-13/h8,10H,4-7,9,15H2,1-3H3,(H,17,18). The molecule has 100 valence electrons. The first kappa shape index (κ1) is 13.3. The van der Waals surface area contributed by atoms with Gasteiger partial charge in [0, 0.05) is 12.7 Å². The van der Waals surface area contributed by atoms with Gasteiger partial charge >= 0.3 is 0 Å². The molecule has 2 unspecified atom stereocenters. The first-order chi connectivity index (χ1) is 8.54. The predicted octanol–water partition coefficient (Wildman–Crippen LogP) is 2.41. The normalized spacial score (nSPS) is 28.1. The van der Waals surface area contributed by atoms with Crippen molar-refractivity contribution in [1.82, 2.24) is 9.97 Å². The molecule has 3 N–H and O–H groups in total. The molecule has 1 aromatic heterocycles. The highest BCUT2D eigenvalue weighted by molar-refractivity contribution is 5.43. The molecule has 0 spiro atoms. The van der Waals surface area contributed by atoms with Crippen LogP contribution in [0.25, 0.3) is 0 Å². The van der Waals surface area contributed by atoms with Crippen LogP contribution in [-0.4, -0.2) is 22.1 Å². The van der Waals surface area contributed by atoms with Crippen molar-refractivity contribution >= 4 is 5.82 Å². The summed E-state index contributed by atoms with van der Waals surface area (Å²) in [7, 11) is 0. The molecule has 4 heteroatoms. The Bertz CT molecular complexity index is 418. The topological polar surface area (TPSA) is 63.8 Å². The van der Waals surface area contributed by atoms with E-state index >= 15 is 0 Å². The lowest BCUT2D eigenvalue weighted by atomic mass is 9.76. The molecule has 1 aromatic rings. The van der Waals surface area contributed by atoms with Crippen molar-refractivity contribution in [3.05, 3.63) is 17.6 Å². The maximum Gasteiger partial charge on any atom is 0.148 e. The Morgan fingerprint density at radius 2 is 2.28 bits per heavy atom. The van der Waals surface area contributed by atoms with Gasteiger partial charge in [-0.25, -0.2) is 4.98 Å². The molecule has 1 saturated carbocycles. The number of nitrogens with zero attached hydrogens (tertiary/aromatic N) is 2. The van der Waals surface area contributed by atoms with Gasteiger partial charge in [-0.1, -0.05) is 19.8 Å². The van der Waals surface area contributed by atoms with E-state index in [1.165, 1.54) is 12.8 Å². The zero-order chi connectivity index (χ0) is 13.2. The summed E-state index contributed by atoms with van der Waals surface area (Å²) in [6.07, 6.45) is 6.60. The summed E-state index contributed by atoms with van der Waals surface area (Å²) in [5.74, 6) is 1.63. The molecule has 0 aromatic carbocycles. The number of aryl methyl sites for hydroxylation is 2. The van der Waals surface area contributed by atoms with Crippen molar-refractivity contribution in [2.24, 2.45) is 11.7 Å². The molecule has 2 atom stereocenters. The van der Waals surface area contributed by atoms with Crippen molar-refractivity contribution in [2.45, 2.75) is 52.0 Å². The minimum absolute atomic E-state index is 0.00486. The third kappa shape index (κ3) is 2.80. The number of hydrogen-bond donors (Lipinski definition) is 2. The fourth-order valence-electron chi connectivity index (χ4n) is 2.92. The van der Waals surface area contributed by atoms with Crippen LogP contribution in [0.3, 0.4) is 0 Å². The molecule has 2 rings (SSSR count). The van der Waals surface area contributed by atoms with E-state index in [1.54, 1.807) is 6.20 Å². The van der Waals surface area contributed by atoms with E-state index < -0.39 is 0 Å². The summed E-state index contributed by atoms with van der Waals surface area (Å²) in [5, 5.41) is 3.58. The van der Waals surface area contributed by atoms with Crippen LogP contribution in [0.15, 0.2) is 6.20 Å². The van der Waals surface area contributed by atoms with Gasteiger partial charge in [0.05, 0.1) is 16.9 Å². The highest BCUT2D eigenvalue weighted by atomic mass is 15.1. The molecule has 0 amide bonds. The minimum atomic E-state index is 0.00486. The average Bonchev–Trinajstić information content (AvgIpc) is 2.34. The van der Waals surface area contributed by atoms with E-state index in [1.807, 2.05) is 13.8 Å². The molecule has 1 aliphatic rings. The maximum atomic E-state index is 6.03. The van der Waals surface area contributed by atoms with E-state index in [0.717, 1.165) is 36.0 Å². The zero-order valence-electron chi connectivity index (χ0n) is 11.7. The molecule has 0 bridgehead atoms. The molecular formula is C14H24N4. The zero-order valence-corrected chi connectivity index (χ0v) is 11.7. The second-order valence-electron chi connectivity index (χ2n) is 5.76. The smallest absolute Gasteiger partial charge is 0.148 e. The molecule has 1 aliphatic carbocycles. The van der Waals surface area contributed by atoms with Crippen LogP contribution in [0.4, 0.5) is 5.82 Å². The second kappa shape index (κ2) is 5.22. The van der Waals surface area contributed by atoms with Crippen LogP contribution in [0.2, 0.25) is 0 Å². The predicted molar refractivity (Wildman–Crippen MR) is 74.5 cm³/mol. The van der Waals surface area contributed by atoms with Crippen LogP contribution >= 0.6 is 0 Å². The van der Waals surface area contributed by atoms with Crippen LogP contribution < -0.4 is 11.1 Å². The Morgan fingerprint density at radius 3 is 2.94 bits per heavy atom. The van der Waals surface area contributed by atoms with Crippen molar-refractivity contribution in [1.29, 1.82) is 0 Å². The number of anilines is 1. The van der Waals surface area contributed by atoms with Crippen molar-refractivity contribution in [3.63, 3.8) is 0 Å². The number of nitrogens with two attached hydrogens (primary N) is 1. The molecule has 0 saturated heterocycles. The largest absolute Gasteiger partial charge is 0.362 e. The molecule has 1 fully saturated rings. The highest BCUT2D eigenvalue weighted by Gasteiger charge is 2.34. The molecule has 18 heavy (non-hydrogen) atoms. The summed E-state index contributed by atoms with van der Waals surface area (Å²) in [6, 6.07) is 0. The van der Waals surface area contributed by atoms with E-state index in [-0.39, 0.29) is 5.54 Å². The van der Waals surface area contributed by atoms with Gasteiger partial charge in [-0.05, 0) is 32.6 Å². The van der Waals surface area contributed by atoms with E-state index in [2.05, 4.69) is 22.2 Å². The Labute approximate surface area is 109 Å². The number of nitrogens with one attached hydrogen (secondary N) is 1. The third-order valence-corrected chi connectivity index (χ3v) is 3.94. The lowest BCUT2D eigenvalue weighted by molar-refractivity contribution is 0.263. The van der Waals surface area contributed by atoms with Gasteiger partial charge in [0.15, 0.2) is 0 Å². The summed E-state index contributed by atoms with van der Waals surface area (Å²) in [5.41, 5.74) is 7.92. The van der Waals surface area contributed by atoms with Gasteiger partial charge in [-0.15, -0.1) is 0 Å². The summed E-state index contributed by atoms with van der Waals surface area (Å²) >= 11 is 0. The van der Waals surface area contributed by atoms with Crippen LogP contribution in [0.1, 0.15) is 44.0 Å². The fraction of sp³-hybridized carbons (Fsp3) is 0.714. The van der Waals surface area contributed by atoms with Gasteiger partial charge in [-0.2, -0.15) is 0 Å². The number of hydrogen-bond acceptors (Lipinski definition) is 4. The average molecular weight is 248 g/mol. The van der Waals surface area contributed by atoms with E-state index in [0.29, 0.717) is 6.54 Å². The van der Waals surface area contributed by atoms with Gasteiger partial charge in [0.2, 0.25) is 0 Å². The molecule has 0 aliphatic heterocycles. The van der Waals surface area contributed by atoms with Crippen LogP contribution in [0.5, 0.6) is 0 Å². The number of aromatic nitrogens is 2. The maximum absolute atomic E-state index is 6.03. The second-order valence-corrected chi connectivity index (χ2v) is 5.76. The summed E-state index contributed by atoms with van der Waals surface area (Å²) < 4.78 is 0. The summed E-state index contributed by atoms with van der Waals surface area (Å²) in [6.45, 7) is 6.92. The first-order valence-electron chi connectivity index (χ1n) is 6.83. The molecular weight excluding hydrogens is 224 g/mol. The molecule has 0 radical (unpaired) electrons. The minimum Gasteiger partial charge on any atom is -0.362 e. The van der Waals surface area contributed by atoms with E-state index in [9.17, 15) is 0 Å². The SMILES string of the molecule is Cc1cnc(C)c(NC2(CN)CCCC(C)C2)n1. The van der Waals surface area contributed by atoms with Gasteiger partial charge in [0.1, 0.15) is 5.82 Å². The van der Waals surface area contributed by atoms with E-state index in [4.69, 9.17) is 5.73 Å². The monoisotopic (exact) mass is 248 g/mol. The van der Waals surface area contributed by atoms with Crippen molar-refractivity contribution < 1.29 is 0 Å². The Balaban J connectivity index is 2.21. The lowest BCUT2D eigenvalue weighted by Crippen LogP contribution is -2.49. The quantitative estimate of drug-likeness (QED) is 0.862. The van der Waals surface area contributed by atoms with Gasteiger partial charge in [-0.3, -0.25) is 4.98 Å². The van der Waals surface area contributed by atoms with Gasteiger partial charge < -0.3 is 11.1 Å². The number of rotatable bonds is 3. The molecule has 1 heterocycles. The van der Waals surface area contributed by atoms with Crippen LogP contribution in [0, 0.1) is 19.8 Å². The third-order valence-electron chi connectivity index (χ3n) is 3.94. The molecule has 4 nitrogen and oxygen atoms in total.